The van der Waals surface area contributed by atoms with Crippen molar-refractivity contribution in [3.63, 3.8) is 0 Å². The van der Waals surface area contributed by atoms with E-state index in [1.807, 2.05) is 31.2 Å². The molecule has 0 aliphatic carbocycles. The van der Waals surface area contributed by atoms with E-state index in [9.17, 15) is 4.79 Å². The Labute approximate surface area is 114 Å². The summed E-state index contributed by atoms with van der Waals surface area (Å²) in [6.07, 6.45) is 3.74. The molecular weight excluding hydrogens is 240 g/mol. The molecule has 0 saturated carbocycles. The summed E-state index contributed by atoms with van der Waals surface area (Å²) in [7, 11) is 0. The first-order chi connectivity index (χ1) is 9.24. The van der Waals surface area contributed by atoms with Gasteiger partial charge in [-0.15, -0.1) is 0 Å². The molecule has 104 valence electrons. The van der Waals surface area contributed by atoms with Crippen LogP contribution in [0.5, 0.6) is 0 Å². The Kier molecular flexibility index (Phi) is 5.36. The maximum absolute atomic E-state index is 11.8. The minimum absolute atomic E-state index is 0.0126. The Bertz CT molecular complexity index is 414. The third kappa shape index (κ3) is 5.01. The Balaban J connectivity index is 1.67. The quantitative estimate of drug-likeness (QED) is 0.854. The van der Waals surface area contributed by atoms with E-state index in [0.29, 0.717) is 6.54 Å². The van der Waals surface area contributed by atoms with E-state index < -0.39 is 0 Å². The molecule has 0 radical (unpaired) electrons. The van der Waals surface area contributed by atoms with Gasteiger partial charge in [0.2, 0.25) is 5.91 Å². The summed E-state index contributed by atoms with van der Waals surface area (Å²) in [5.74, 6) is -0.0126. The number of nitrogens with one attached hydrogen (secondary N) is 2. The van der Waals surface area contributed by atoms with Crippen LogP contribution in [0.15, 0.2) is 24.3 Å². The standard InChI is InChI=1S/C15H22N2O2/c1-12-5-4-6-13(9-12)17-15(18)11-16-10-14-7-2-3-8-19-14/h4-6,9,14,16H,2-3,7-8,10-11H2,1H3,(H,17,18). The van der Waals surface area contributed by atoms with Gasteiger partial charge in [0.1, 0.15) is 0 Å². The monoisotopic (exact) mass is 262 g/mol. The van der Waals surface area contributed by atoms with Crippen LogP contribution >= 0.6 is 0 Å². The van der Waals surface area contributed by atoms with Gasteiger partial charge in [-0.2, -0.15) is 0 Å². The van der Waals surface area contributed by atoms with Gasteiger partial charge in [0.25, 0.3) is 0 Å². The highest BCUT2D eigenvalue weighted by Gasteiger charge is 2.13. The topological polar surface area (TPSA) is 50.4 Å². The van der Waals surface area contributed by atoms with E-state index in [4.69, 9.17) is 4.74 Å². The number of benzene rings is 1. The number of carbonyl (C=O) groups excluding carboxylic acids is 1. The summed E-state index contributed by atoms with van der Waals surface area (Å²) in [6.45, 7) is 3.94. The SMILES string of the molecule is Cc1cccc(NC(=O)CNCC2CCCCO2)c1. The number of hydrogen-bond donors (Lipinski definition) is 2. The summed E-state index contributed by atoms with van der Waals surface area (Å²) in [6, 6.07) is 7.81. The van der Waals surface area contributed by atoms with Crippen LogP contribution in [0.25, 0.3) is 0 Å². The Morgan fingerprint density at radius 1 is 1.42 bits per heavy atom. The summed E-state index contributed by atoms with van der Waals surface area (Å²) in [5, 5.41) is 6.03. The molecule has 0 aromatic heterocycles. The van der Waals surface area contributed by atoms with Crippen molar-refractivity contribution >= 4 is 11.6 Å². The summed E-state index contributed by atoms with van der Waals surface area (Å²) in [5.41, 5.74) is 1.99. The van der Waals surface area contributed by atoms with Crippen molar-refractivity contribution < 1.29 is 9.53 Å². The predicted octanol–water partition coefficient (Wildman–Crippen LogP) is 2.09. The third-order valence-corrected chi connectivity index (χ3v) is 3.23. The lowest BCUT2D eigenvalue weighted by molar-refractivity contribution is -0.115. The number of anilines is 1. The van der Waals surface area contributed by atoms with Crippen LogP contribution in [0.3, 0.4) is 0 Å². The first kappa shape index (κ1) is 14.0. The summed E-state index contributed by atoms with van der Waals surface area (Å²) >= 11 is 0. The second-order valence-electron chi connectivity index (χ2n) is 5.04. The van der Waals surface area contributed by atoms with Gasteiger partial charge in [-0.1, -0.05) is 12.1 Å². The molecule has 2 N–H and O–H groups in total. The fourth-order valence-corrected chi connectivity index (χ4v) is 2.24. The van der Waals surface area contributed by atoms with E-state index in [2.05, 4.69) is 10.6 Å². The first-order valence-electron chi connectivity index (χ1n) is 6.93. The highest BCUT2D eigenvalue weighted by molar-refractivity contribution is 5.92. The van der Waals surface area contributed by atoms with Gasteiger partial charge < -0.3 is 15.4 Å². The van der Waals surface area contributed by atoms with Crippen molar-refractivity contribution in [1.82, 2.24) is 5.32 Å². The number of amides is 1. The van der Waals surface area contributed by atoms with Crippen molar-refractivity contribution in [2.45, 2.75) is 32.3 Å². The molecule has 4 nitrogen and oxygen atoms in total. The minimum atomic E-state index is -0.0126. The van der Waals surface area contributed by atoms with Gasteiger partial charge >= 0.3 is 0 Å². The molecule has 1 heterocycles. The lowest BCUT2D eigenvalue weighted by atomic mass is 10.1. The Morgan fingerprint density at radius 2 is 2.32 bits per heavy atom. The molecule has 19 heavy (non-hydrogen) atoms. The predicted molar refractivity (Wildman–Crippen MR) is 76.3 cm³/mol. The second kappa shape index (κ2) is 7.26. The van der Waals surface area contributed by atoms with Crippen LogP contribution in [0, 0.1) is 6.92 Å². The van der Waals surface area contributed by atoms with Crippen LogP contribution in [-0.2, 0) is 9.53 Å². The van der Waals surface area contributed by atoms with Gasteiger partial charge in [-0.3, -0.25) is 4.79 Å². The molecule has 1 unspecified atom stereocenters. The highest BCUT2D eigenvalue weighted by Crippen LogP contribution is 2.11. The molecule has 1 aromatic carbocycles. The van der Waals surface area contributed by atoms with Crippen LogP contribution in [0.2, 0.25) is 0 Å². The third-order valence-electron chi connectivity index (χ3n) is 3.23. The van der Waals surface area contributed by atoms with Crippen molar-refractivity contribution in [1.29, 1.82) is 0 Å². The zero-order valence-corrected chi connectivity index (χ0v) is 11.4. The van der Waals surface area contributed by atoms with Gasteiger partial charge in [0.05, 0.1) is 12.6 Å². The van der Waals surface area contributed by atoms with E-state index in [-0.39, 0.29) is 12.0 Å². The first-order valence-corrected chi connectivity index (χ1v) is 6.93. The van der Waals surface area contributed by atoms with Crippen LogP contribution in [0.1, 0.15) is 24.8 Å². The fraction of sp³-hybridized carbons (Fsp3) is 0.533. The van der Waals surface area contributed by atoms with Crippen LogP contribution < -0.4 is 10.6 Å². The fourth-order valence-electron chi connectivity index (χ4n) is 2.24. The van der Waals surface area contributed by atoms with Crippen molar-refractivity contribution in [3.05, 3.63) is 29.8 Å². The number of rotatable bonds is 5. The maximum atomic E-state index is 11.8. The Morgan fingerprint density at radius 3 is 3.05 bits per heavy atom. The zero-order valence-electron chi connectivity index (χ0n) is 11.4. The largest absolute Gasteiger partial charge is 0.377 e. The maximum Gasteiger partial charge on any atom is 0.238 e. The molecule has 2 rings (SSSR count). The molecule has 1 aliphatic rings. The molecule has 0 spiro atoms. The van der Waals surface area contributed by atoms with Crippen molar-refractivity contribution in [2.75, 3.05) is 25.0 Å². The average Bonchev–Trinajstić information content (AvgIpc) is 2.40. The molecular formula is C15H22N2O2. The van der Waals surface area contributed by atoms with Gasteiger partial charge in [-0.25, -0.2) is 0 Å². The second-order valence-corrected chi connectivity index (χ2v) is 5.04. The van der Waals surface area contributed by atoms with Crippen molar-refractivity contribution in [2.24, 2.45) is 0 Å². The number of aryl methyl sites for hydroxylation is 1. The number of ether oxygens (including phenoxy) is 1. The smallest absolute Gasteiger partial charge is 0.238 e. The Hall–Kier alpha value is -1.39. The minimum Gasteiger partial charge on any atom is -0.377 e. The lowest BCUT2D eigenvalue weighted by Gasteiger charge is -2.22. The van der Waals surface area contributed by atoms with Crippen LogP contribution in [0.4, 0.5) is 5.69 Å². The van der Waals surface area contributed by atoms with E-state index >= 15 is 0 Å². The van der Waals surface area contributed by atoms with E-state index in [0.717, 1.165) is 37.2 Å². The summed E-state index contributed by atoms with van der Waals surface area (Å²) < 4.78 is 5.60. The molecule has 1 aliphatic heterocycles. The summed E-state index contributed by atoms with van der Waals surface area (Å²) in [4.78, 5) is 11.8. The molecule has 1 atom stereocenters. The average molecular weight is 262 g/mol. The zero-order chi connectivity index (χ0) is 13.5. The van der Waals surface area contributed by atoms with Gasteiger partial charge in [-0.05, 0) is 43.9 Å². The van der Waals surface area contributed by atoms with Crippen LogP contribution in [-0.4, -0.2) is 31.7 Å². The van der Waals surface area contributed by atoms with Gasteiger partial charge in [0.15, 0.2) is 0 Å². The van der Waals surface area contributed by atoms with Crippen molar-refractivity contribution in [3.8, 4) is 0 Å². The molecule has 1 saturated heterocycles. The molecule has 1 fully saturated rings. The number of carbonyl (C=O) groups is 1. The molecule has 0 bridgehead atoms. The van der Waals surface area contributed by atoms with Gasteiger partial charge in [0, 0.05) is 18.8 Å². The highest BCUT2D eigenvalue weighted by atomic mass is 16.5. The molecule has 1 aromatic rings. The normalized spacial score (nSPS) is 19.1. The lowest BCUT2D eigenvalue weighted by Crippen LogP contribution is -2.36. The van der Waals surface area contributed by atoms with E-state index in [1.165, 1.54) is 6.42 Å². The molecule has 1 amide bonds. The molecule has 4 heteroatoms. The van der Waals surface area contributed by atoms with E-state index in [1.54, 1.807) is 0 Å². The number of hydrogen-bond acceptors (Lipinski definition) is 3.